The molecule has 0 aromatic heterocycles. The topological polar surface area (TPSA) is 57.7 Å². The minimum absolute atomic E-state index is 0.137. The van der Waals surface area contributed by atoms with E-state index in [2.05, 4.69) is 0 Å². The molecule has 1 amide bonds. The van der Waals surface area contributed by atoms with Crippen LogP contribution in [0.2, 0.25) is 5.02 Å². The second-order valence-electron chi connectivity index (χ2n) is 6.71. The van der Waals surface area contributed by atoms with E-state index in [-0.39, 0.29) is 16.8 Å². The quantitative estimate of drug-likeness (QED) is 0.659. The lowest BCUT2D eigenvalue weighted by Crippen LogP contribution is -2.32. The van der Waals surface area contributed by atoms with Gasteiger partial charge in [0.2, 0.25) is 10.0 Å². The molecule has 0 fully saturated rings. The summed E-state index contributed by atoms with van der Waals surface area (Å²) in [7, 11) is -1.91. The van der Waals surface area contributed by atoms with Gasteiger partial charge in [-0.3, -0.25) is 4.79 Å². The van der Waals surface area contributed by atoms with Crippen molar-refractivity contribution in [2.75, 3.05) is 20.1 Å². The Bertz CT molecular complexity index is 939. The van der Waals surface area contributed by atoms with Gasteiger partial charge in [0.1, 0.15) is 0 Å². The molecular weight excluding hydrogens is 396 g/mol. The van der Waals surface area contributed by atoms with Gasteiger partial charge in [0.15, 0.2) is 0 Å². The van der Waals surface area contributed by atoms with E-state index in [1.165, 1.54) is 10.4 Å². The fourth-order valence-electron chi connectivity index (χ4n) is 3.04. The Morgan fingerprint density at radius 1 is 1.07 bits per heavy atom. The highest BCUT2D eigenvalue weighted by molar-refractivity contribution is 7.89. The summed E-state index contributed by atoms with van der Waals surface area (Å²) in [6, 6.07) is 11.9. The molecule has 2 aromatic rings. The lowest BCUT2D eigenvalue weighted by atomic mass is 10.0. The molecule has 2 aromatic carbocycles. The van der Waals surface area contributed by atoms with Crippen molar-refractivity contribution >= 4 is 27.5 Å². The Kier molecular flexibility index (Phi) is 7.26. The average molecular weight is 423 g/mol. The van der Waals surface area contributed by atoms with Crippen LogP contribution in [0, 0.1) is 6.92 Å². The Labute approximate surface area is 173 Å². The average Bonchev–Trinajstić information content (AvgIpc) is 2.67. The number of carbonyl (C=O) groups is 1. The second-order valence-corrected chi connectivity index (χ2v) is 9.08. The highest BCUT2D eigenvalue weighted by Crippen LogP contribution is 2.25. The highest BCUT2D eigenvalue weighted by atomic mass is 35.5. The monoisotopic (exact) mass is 422 g/mol. The number of sulfonamides is 1. The summed E-state index contributed by atoms with van der Waals surface area (Å²) in [5.41, 5.74) is 2.07. The van der Waals surface area contributed by atoms with Crippen molar-refractivity contribution in [1.82, 2.24) is 9.21 Å². The van der Waals surface area contributed by atoms with Crippen LogP contribution in [-0.2, 0) is 10.0 Å². The zero-order chi connectivity index (χ0) is 21.1. The molecule has 152 valence electrons. The maximum atomic E-state index is 13.1. The number of nitrogens with zero attached hydrogens (tertiary/aromatic N) is 2. The number of carbonyl (C=O) groups excluding carboxylic acids is 1. The molecule has 0 spiro atoms. The summed E-state index contributed by atoms with van der Waals surface area (Å²) >= 11 is 5.94. The van der Waals surface area contributed by atoms with Gasteiger partial charge in [0, 0.05) is 30.7 Å². The van der Waals surface area contributed by atoms with Gasteiger partial charge >= 0.3 is 0 Å². The first-order valence-corrected chi connectivity index (χ1v) is 11.1. The van der Waals surface area contributed by atoms with Gasteiger partial charge in [-0.2, -0.15) is 4.31 Å². The fraction of sp³-hybridized carbons (Fsp3) is 0.381. The van der Waals surface area contributed by atoms with E-state index < -0.39 is 10.0 Å². The first-order valence-electron chi connectivity index (χ1n) is 9.26. The standard InChI is InChI=1S/C21H27ClN2O3S/c1-6-24(7-2)28(26,27)19-13-8-15(3)20(14-19)21(25)23(5)16(4)17-9-11-18(22)12-10-17/h8-14,16H,6-7H2,1-5H3. The molecule has 0 radical (unpaired) electrons. The van der Waals surface area contributed by atoms with Gasteiger partial charge in [-0.1, -0.05) is 43.6 Å². The lowest BCUT2D eigenvalue weighted by Gasteiger charge is -2.26. The largest absolute Gasteiger partial charge is 0.335 e. The Hall–Kier alpha value is -1.89. The number of halogens is 1. The summed E-state index contributed by atoms with van der Waals surface area (Å²) in [4.78, 5) is 14.9. The number of amides is 1. The van der Waals surface area contributed by atoms with E-state index in [9.17, 15) is 13.2 Å². The van der Waals surface area contributed by atoms with Gasteiger partial charge in [0.05, 0.1) is 10.9 Å². The van der Waals surface area contributed by atoms with Crippen molar-refractivity contribution in [3.8, 4) is 0 Å². The van der Waals surface area contributed by atoms with E-state index in [4.69, 9.17) is 11.6 Å². The number of hydrogen-bond acceptors (Lipinski definition) is 3. The fourth-order valence-corrected chi connectivity index (χ4v) is 4.65. The number of benzene rings is 2. The summed E-state index contributed by atoms with van der Waals surface area (Å²) in [6.07, 6.45) is 0. The Morgan fingerprint density at radius 3 is 2.18 bits per heavy atom. The molecule has 1 unspecified atom stereocenters. The normalized spacial score (nSPS) is 12.8. The number of hydrogen-bond donors (Lipinski definition) is 0. The van der Waals surface area contributed by atoms with Crippen LogP contribution in [0.4, 0.5) is 0 Å². The van der Waals surface area contributed by atoms with Gasteiger partial charge < -0.3 is 4.90 Å². The maximum Gasteiger partial charge on any atom is 0.254 e. The number of rotatable bonds is 7. The van der Waals surface area contributed by atoms with Gasteiger partial charge in [-0.25, -0.2) is 8.42 Å². The van der Waals surface area contributed by atoms with Crippen LogP contribution in [0.5, 0.6) is 0 Å². The molecule has 7 heteroatoms. The molecule has 28 heavy (non-hydrogen) atoms. The van der Waals surface area contributed by atoms with Crippen LogP contribution in [0.3, 0.4) is 0 Å². The van der Waals surface area contributed by atoms with Crippen LogP contribution in [-0.4, -0.2) is 43.7 Å². The molecule has 0 saturated heterocycles. The zero-order valence-corrected chi connectivity index (χ0v) is 18.5. The minimum atomic E-state index is -3.63. The predicted molar refractivity (Wildman–Crippen MR) is 113 cm³/mol. The number of aryl methyl sites for hydroxylation is 1. The molecule has 2 rings (SSSR count). The molecule has 0 saturated carbocycles. The van der Waals surface area contributed by atoms with Crippen LogP contribution < -0.4 is 0 Å². The van der Waals surface area contributed by atoms with Crippen molar-refractivity contribution in [3.63, 3.8) is 0 Å². The van der Waals surface area contributed by atoms with E-state index in [1.54, 1.807) is 50.1 Å². The van der Waals surface area contributed by atoms with Crippen molar-refractivity contribution < 1.29 is 13.2 Å². The third-order valence-electron chi connectivity index (χ3n) is 5.04. The molecular formula is C21H27ClN2O3S. The lowest BCUT2D eigenvalue weighted by molar-refractivity contribution is 0.0741. The third-order valence-corrected chi connectivity index (χ3v) is 7.33. The summed E-state index contributed by atoms with van der Waals surface area (Å²) in [6.45, 7) is 8.08. The molecule has 0 aliphatic heterocycles. The van der Waals surface area contributed by atoms with E-state index in [1.807, 2.05) is 26.0 Å². The predicted octanol–water partition coefficient (Wildman–Crippen LogP) is 4.51. The van der Waals surface area contributed by atoms with Crippen molar-refractivity contribution in [2.45, 2.75) is 38.6 Å². The third kappa shape index (κ3) is 4.57. The maximum absolute atomic E-state index is 13.1. The van der Waals surface area contributed by atoms with Crippen molar-refractivity contribution in [1.29, 1.82) is 0 Å². The van der Waals surface area contributed by atoms with Crippen molar-refractivity contribution in [3.05, 3.63) is 64.2 Å². The smallest absolute Gasteiger partial charge is 0.254 e. The highest BCUT2D eigenvalue weighted by Gasteiger charge is 2.25. The molecule has 0 bridgehead atoms. The Balaban J connectivity index is 2.38. The van der Waals surface area contributed by atoms with Gasteiger partial charge in [-0.05, 0) is 49.2 Å². The summed E-state index contributed by atoms with van der Waals surface area (Å²) < 4.78 is 27.0. The van der Waals surface area contributed by atoms with E-state index in [0.29, 0.717) is 23.7 Å². The van der Waals surface area contributed by atoms with E-state index >= 15 is 0 Å². The first-order chi connectivity index (χ1) is 13.1. The SMILES string of the molecule is CCN(CC)S(=O)(=O)c1ccc(C)c(C(=O)N(C)C(C)c2ccc(Cl)cc2)c1. The molecule has 0 N–H and O–H groups in total. The second kappa shape index (κ2) is 9.07. The molecule has 0 aliphatic carbocycles. The molecule has 5 nitrogen and oxygen atoms in total. The molecule has 0 aliphatic rings. The zero-order valence-electron chi connectivity index (χ0n) is 16.9. The van der Waals surface area contributed by atoms with Crippen LogP contribution in [0.1, 0.15) is 48.3 Å². The summed E-state index contributed by atoms with van der Waals surface area (Å²) in [5, 5.41) is 0.634. The molecule has 1 atom stereocenters. The van der Waals surface area contributed by atoms with Crippen molar-refractivity contribution in [2.24, 2.45) is 0 Å². The van der Waals surface area contributed by atoms with E-state index in [0.717, 1.165) is 11.1 Å². The minimum Gasteiger partial charge on any atom is -0.335 e. The van der Waals surface area contributed by atoms with Crippen LogP contribution in [0.15, 0.2) is 47.4 Å². The van der Waals surface area contributed by atoms with Gasteiger partial charge in [0.25, 0.3) is 5.91 Å². The first kappa shape index (κ1) is 22.4. The Morgan fingerprint density at radius 2 is 1.64 bits per heavy atom. The van der Waals surface area contributed by atoms with Crippen LogP contribution in [0.25, 0.3) is 0 Å². The summed E-state index contributed by atoms with van der Waals surface area (Å²) in [5.74, 6) is -0.225. The van der Waals surface area contributed by atoms with Gasteiger partial charge in [-0.15, -0.1) is 0 Å². The van der Waals surface area contributed by atoms with Crippen LogP contribution >= 0.6 is 11.6 Å². The molecule has 0 heterocycles.